The fourth-order valence-corrected chi connectivity index (χ4v) is 2.22. The van der Waals surface area contributed by atoms with Crippen molar-refractivity contribution in [3.8, 4) is 0 Å². The monoisotopic (exact) mass is 342 g/mol. The SMILES string of the molecule is Cc1ccc(C(O)c2cccc(I)c2)cc1F. The van der Waals surface area contributed by atoms with Crippen LogP contribution in [-0.4, -0.2) is 5.11 Å². The van der Waals surface area contributed by atoms with Crippen molar-refractivity contribution in [1.82, 2.24) is 0 Å². The van der Waals surface area contributed by atoms with E-state index in [-0.39, 0.29) is 5.82 Å². The summed E-state index contributed by atoms with van der Waals surface area (Å²) in [6.45, 7) is 1.71. The van der Waals surface area contributed by atoms with Gasteiger partial charge in [-0.25, -0.2) is 4.39 Å². The Hall–Kier alpha value is -0.940. The first kappa shape index (κ1) is 12.5. The molecule has 2 aromatic carbocycles. The van der Waals surface area contributed by atoms with Gasteiger partial charge < -0.3 is 5.11 Å². The zero-order chi connectivity index (χ0) is 12.4. The van der Waals surface area contributed by atoms with Crippen LogP contribution in [0.15, 0.2) is 42.5 Å². The van der Waals surface area contributed by atoms with E-state index < -0.39 is 6.10 Å². The van der Waals surface area contributed by atoms with Gasteiger partial charge in [-0.05, 0) is 64.4 Å². The van der Waals surface area contributed by atoms with Crippen molar-refractivity contribution in [2.75, 3.05) is 0 Å². The fourth-order valence-electron chi connectivity index (χ4n) is 1.65. The third-order valence-electron chi connectivity index (χ3n) is 2.68. The van der Waals surface area contributed by atoms with Crippen LogP contribution in [-0.2, 0) is 0 Å². The Morgan fingerprint density at radius 3 is 2.47 bits per heavy atom. The normalized spacial score (nSPS) is 12.5. The third kappa shape index (κ3) is 2.84. The Labute approximate surface area is 113 Å². The second-order valence-corrected chi connectivity index (χ2v) is 5.21. The first-order valence-electron chi connectivity index (χ1n) is 5.27. The van der Waals surface area contributed by atoms with E-state index in [1.54, 1.807) is 19.1 Å². The molecule has 0 aromatic heterocycles. The van der Waals surface area contributed by atoms with E-state index in [2.05, 4.69) is 22.6 Å². The van der Waals surface area contributed by atoms with Gasteiger partial charge in [0.25, 0.3) is 0 Å². The standard InChI is InChI=1S/C14H12FIO/c1-9-5-6-11(8-13(9)15)14(17)10-3-2-4-12(16)7-10/h2-8,14,17H,1H3. The first-order chi connectivity index (χ1) is 8.08. The highest BCUT2D eigenvalue weighted by Gasteiger charge is 2.12. The summed E-state index contributed by atoms with van der Waals surface area (Å²) in [7, 11) is 0. The zero-order valence-electron chi connectivity index (χ0n) is 9.32. The predicted molar refractivity (Wildman–Crippen MR) is 74.4 cm³/mol. The number of halogens is 2. The number of rotatable bonds is 2. The quantitative estimate of drug-likeness (QED) is 0.823. The lowest BCUT2D eigenvalue weighted by atomic mass is 10.0. The highest BCUT2D eigenvalue weighted by Crippen LogP contribution is 2.24. The molecular formula is C14H12FIO. The van der Waals surface area contributed by atoms with Crippen molar-refractivity contribution in [2.45, 2.75) is 13.0 Å². The molecule has 2 rings (SSSR count). The molecule has 0 aliphatic rings. The average molecular weight is 342 g/mol. The molecule has 88 valence electrons. The molecule has 1 N–H and O–H groups in total. The molecule has 0 aliphatic heterocycles. The van der Waals surface area contributed by atoms with Crippen molar-refractivity contribution >= 4 is 22.6 Å². The van der Waals surface area contributed by atoms with Gasteiger partial charge in [0.15, 0.2) is 0 Å². The van der Waals surface area contributed by atoms with E-state index in [0.29, 0.717) is 11.1 Å². The molecule has 1 nitrogen and oxygen atoms in total. The average Bonchev–Trinajstić information content (AvgIpc) is 2.32. The van der Waals surface area contributed by atoms with Crippen LogP contribution in [0.5, 0.6) is 0 Å². The van der Waals surface area contributed by atoms with Crippen LogP contribution in [0, 0.1) is 16.3 Å². The van der Waals surface area contributed by atoms with E-state index in [1.165, 1.54) is 6.07 Å². The Morgan fingerprint density at radius 1 is 1.12 bits per heavy atom. The molecule has 0 amide bonds. The van der Waals surface area contributed by atoms with Gasteiger partial charge in [0.2, 0.25) is 0 Å². The van der Waals surface area contributed by atoms with Crippen LogP contribution in [0.3, 0.4) is 0 Å². The number of aliphatic hydroxyl groups is 1. The Bertz CT molecular complexity index is 539. The van der Waals surface area contributed by atoms with E-state index >= 15 is 0 Å². The number of hydrogen-bond donors (Lipinski definition) is 1. The van der Waals surface area contributed by atoms with Crippen LogP contribution >= 0.6 is 22.6 Å². The highest BCUT2D eigenvalue weighted by molar-refractivity contribution is 14.1. The molecule has 0 saturated heterocycles. The van der Waals surface area contributed by atoms with Crippen molar-refractivity contribution in [3.63, 3.8) is 0 Å². The summed E-state index contributed by atoms with van der Waals surface area (Å²) >= 11 is 2.18. The second-order valence-electron chi connectivity index (χ2n) is 3.97. The van der Waals surface area contributed by atoms with Gasteiger partial charge in [-0.1, -0.05) is 24.3 Å². The number of benzene rings is 2. The van der Waals surface area contributed by atoms with Crippen LogP contribution < -0.4 is 0 Å². The predicted octanol–water partition coefficient (Wildman–Crippen LogP) is 3.82. The summed E-state index contributed by atoms with van der Waals surface area (Å²) in [6, 6.07) is 12.4. The Morgan fingerprint density at radius 2 is 1.82 bits per heavy atom. The van der Waals surface area contributed by atoms with E-state index in [0.717, 1.165) is 9.13 Å². The van der Waals surface area contributed by atoms with Crippen LogP contribution in [0.2, 0.25) is 0 Å². The third-order valence-corrected chi connectivity index (χ3v) is 3.35. The fraction of sp³-hybridized carbons (Fsp3) is 0.143. The number of hydrogen-bond acceptors (Lipinski definition) is 1. The highest BCUT2D eigenvalue weighted by atomic mass is 127. The number of aryl methyl sites for hydroxylation is 1. The van der Waals surface area contributed by atoms with Crippen molar-refractivity contribution in [2.24, 2.45) is 0 Å². The first-order valence-corrected chi connectivity index (χ1v) is 6.35. The zero-order valence-corrected chi connectivity index (χ0v) is 11.5. The molecule has 2 aromatic rings. The maximum absolute atomic E-state index is 13.4. The molecule has 0 spiro atoms. The molecular weight excluding hydrogens is 330 g/mol. The Balaban J connectivity index is 2.36. The number of aliphatic hydroxyl groups excluding tert-OH is 1. The summed E-state index contributed by atoms with van der Waals surface area (Å²) in [5, 5.41) is 10.2. The van der Waals surface area contributed by atoms with E-state index in [1.807, 2.05) is 24.3 Å². The van der Waals surface area contributed by atoms with E-state index in [4.69, 9.17) is 0 Å². The maximum Gasteiger partial charge on any atom is 0.126 e. The topological polar surface area (TPSA) is 20.2 Å². The molecule has 0 fully saturated rings. The van der Waals surface area contributed by atoms with Gasteiger partial charge in [-0.2, -0.15) is 0 Å². The molecule has 17 heavy (non-hydrogen) atoms. The molecule has 0 saturated carbocycles. The molecule has 0 aliphatic carbocycles. The lowest BCUT2D eigenvalue weighted by Gasteiger charge is -2.12. The van der Waals surface area contributed by atoms with Gasteiger partial charge >= 0.3 is 0 Å². The van der Waals surface area contributed by atoms with Crippen LogP contribution in [0.4, 0.5) is 4.39 Å². The Kier molecular flexibility index (Phi) is 3.79. The lowest BCUT2D eigenvalue weighted by Crippen LogP contribution is -2.01. The summed E-state index contributed by atoms with van der Waals surface area (Å²) < 4.78 is 14.5. The molecule has 3 heteroatoms. The van der Waals surface area contributed by atoms with Crippen molar-refractivity contribution in [1.29, 1.82) is 0 Å². The summed E-state index contributed by atoms with van der Waals surface area (Å²) in [5.74, 6) is -0.285. The van der Waals surface area contributed by atoms with Crippen LogP contribution in [0.1, 0.15) is 22.8 Å². The largest absolute Gasteiger partial charge is 0.384 e. The van der Waals surface area contributed by atoms with Crippen molar-refractivity contribution in [3.05, 3.63) is 68.5 Å². The lowest BCUT2D eigenvalue weighted by molar-refractivity contribution is 0.219. The summed E-state index contributed by atoms with van der Waals surface area (Å²) in [5.41, 5.74) is 1.94. The van der Waals surface area contributed by atoms with Gasteiger partial charge in [0.1, 0.15) is 11.9 Å². The maximum atomic E-state index is 13.4. The van der Waals surface area contributed by atoms with Gasteiger partial charge in [-0.15, -0.1) is 0 Å². The minimum absolute atomic E-state index is 0.285. The molecule has 1 unspecified atom stereocenters. The molecule has 0 heterocycles. The van der Waals surface area contributed by atoms with E-state index in [9.17, 15) is 9.50 Å². The smallest absolute Gasteiger partial charge is 0.126 e. The minimum atomic E-state index is -0.778. The molecule has 0 radical (unpaired) electrons. The van der Waals surface area contributed by atoms with Crippen molar-refractivity contribution < 1.29 is 9.50 Å². The molecule has 0 bridgehead atoms. The van der Waals surface area contributed by atoms with Crippen LogP contribution in [0.25, 0.3) is 0 Å². The van der Waals surface area contributed by atoms with Gasteiger partial charge in [0.05, 0.1) is 0 Å². The summed E-state index contributed by atoms with van der Waals surface area (Å²) in [4.78, 5) is 0. The molecule has 1 atom stereocenters. The minimum Gasteiger partial charge on any atom is -0.384 e. The summed E-state index contributed by atoms with van der Waals surface area (Å²) in [6.07, 6.45) is -0.778. The van der Waals surface area contributed by atoms with Gasteiger partial charge in [-0.3, -0.25) is 0 Å². The van der Waals surface area contributed by atoms with Gasteiger partial charge in [0, 0.05) is 3.57 Å². The second kappa shape index (κ2) is 5.14.